The molecule has 1 unspecified atom stereocenters. The average Bonchev–Trinajstić information content (AvgIpc) is 2.68. The maximum Gasteiger partial charge on any atom is 0.418 e. The number of ether oxygens (including phenoxy) is 1. The van der Waals surface area contributed by atoms with Gasteiger partial charge in [-0.2, -0.15) is 13.2 Å². The summed E-state index contributed by atoms with van der Waals surface area (Å²) in [6, 6.07) is 4.91. The highest BCUT2D eigenvalue weighted by atomic mass is 19.4. The number of hydrogen-bond donors (Lipinski definition) is 1. The molecule has 0 radical (unpaired) electrons. The molecule has 28 heavy (non-hydrogen) atoms. The maximum atomic E-state index is 13.1. The molecule has 2 amide bonds. The lowest BCUT2D eigenvalue weighted by molar-refractivity contribution is -0.142. The summed E-state index contributed by atoms with van der Waals surface area (Å²) in [6.45, 7) is 3.24. The third kappa shape index (κ3) is 5.23. The molecule has 1 aromatic carbocycles. The van der Waals surface area contributed by atoms with Crippen LogP contribution in [0.5, 0.6) is 0 Å². The number of likely N-dealkylation sites (tertiary alicyclic amines) is 1. The molecule has 0 aromatic heterocycles. The van der Waals surface area contributed by atoms with E-state index >= 15 is 0 Å². The minimum Gasteiger partial charge on any atom is -0.378 e. The molecule has 2 saturated heterocycles. The van der Waals surface area contributed by atoms with Crippen LogP contribution in [-0.4, -0.2) is 67.6 Å². The van der Waals surface area contributed by atoms with Gasteiger partial charge >= 0.3 is 6.18 Å². The van der Waals surface area contributed by atoms with E-state index in [1.807, 2.05) is 4.90 Å². The highest BCUT2D eigenvalue weighted by Gasteiger charge is 2.34. The standard InChI is InChI=1S/C19H24F3N3O3/c20-19(21,22)15-5-1-2-6-16(15)23-17(26)13-24-7-3-4-14(12-24)18(27)25-8-10-28-11-9-25/h1-2,5-6,14H,3-4,7-13H2,(H,23,26). The Labute approximate surface area is 161 Å². The number of carbonyl (C=O) groups excluding carboxylic acids is 2. The highest BCUT2D eigenvalue weighted by Crippen LogP contribution is 2.34. The minimum atomic E-state index is -4.54. The summed E-state index contributed by atoms with van der Waals surface area (Å²) in [5, 5.41) is 2.36. The smallest absolute Gasteiger partial charge is 0.378 e. The van der Waals surface area contributed by atoms with Gasteiger partial charge in [-0.05, 0) is 31.5 Å². The first-order valence-corrected chi connectivity index (χ1v) is 9.39. The average molecular weight is 399 g/mol. The first-order chi connectivity index (χ1) is 13.3. The van der Waals surface area contributed by atoms with Crippen molar-refractivity contribution in [2.75, 3.05) is 51.3 Å². The van der Waals surface area contributed by atoms with Crippen molar-refractivity contribution in [1.29, 1.82) is 0 Å². The van der Waals surface area contributed by atoms with E-state index in [4.69, 9.17) is 4.74 Å². The SMILES string of the molecule is O=C(CN1CCCC(C(=O)N2CCOCC2)C1)Nc1ccccc1C(F)(F)F. The lowest BCUT2D eigenvalue weighted by atomic mass is 9.96. The number of rotatable bonds is 4. The summed E-state index contributed by atoms with van der Waals surface area (Å²) in [6.07, 6.45) is -3.01. The normalized spacial score (nSPS) is 21.4. The number of carbonyl (C=O) groups is 2. The monoisotopic (exact) mass is 399 g/mol. The van der Waals surface area contributed by atoms with Gasteiger partial charge in [0.15, 0.2) is 0 Å². The van der Waals surface area contributed by atoms with Gasteiger partial charge in [0.05, 0.1) is 36.9 Å². The number of piperidine rings is 1. The molecule has 1 N–H and O–H groups in total. The van der Waals surface area contributed by atoms with Crippen LogP contribution in [0.25, 0.3) is 0 Å². The van der Waals surface area contributed by atoms with Crippen molar-refractivity contribution in [2.24, 2.45) is 5.92 Å². The van der Waals surface area contributed by atoms with E-state index < -0.39 is 17.6 Å². The van der Waals surface area contributed by atoms with Crippen molar-refractivity contribution >= 4 is 17.5 Å². The fraction of sp³-hybridized carbons (Fsp3) is 0.579. The number of benzene rings is 1. The summed E-state index contributed by atoms with van der Waals surface area (Å²) < 4.78 is 44.4. The molecule has 9 heteroatoms. The Kier molecular flexibility index (Phi) is 6.56. The molecule has 2 heterocycles. The molecule has 2 aliphatic rings. The van der Waals surface area contributed by atoms with Crippen molar-refractivity contribution < 1.29 is 27.5 Å². The van der Waals surface area contributed by atoms with Crippen molar-refractivity contribution in [1.82, 2.24) is 9.80 Å². The van der Waals surface area contributed by atoms with Crippen LogP contribution in [0.1, 0.15) is 18.4 Å². The lowest BCUT2D eigenvalue weighted by Crippen LogP contribution is -2.49. The largest absolute Gasteiger partial charge is 0.418 e. The van der Waals surface area contributed by atoms with Crippen LogP contribution < -0.4 is 5.32 Å². The van der Waals surface area contributed by atoms with Crippen LogP contribution in [0.15, 0.2) is 24.3 Å². The number of alkyl halides is 3. The Hall–Kier alpha value is -2.13. The number of hydrogen-bond acceptors (Lipinski definition) is 4. The second-order valence-corrected chi connectivity index (χ2v) is 7.10. The summed E-state index contributed by atoms with van der Waals surface area (Å²) in [5.74, 6) is -0.644. The minimum absolute atomic E-state index is 0.0426. The molecule has 2 aliphatic heterocycles. The van der Waals surface area contributed by atoms with E-state index in [-0.39, 0.29) is 24.1 Å². The highest BCUT2D eigenvalue weighted by molar-refractivity contribution is 5.93. The zero-order valence-corrected chi connectivity index (χ0v) is 15.5. The number of para-hydroxylation sites is 1. The van der Waals surface area contributed by atoms with Crippen LogP contribution in [0.4, 0.5) is 18.9 Å². The van der Waals surface area contributed by atoms with Gasteiger partial charge in [-0.25, -0.2) is 0 Å². The summed E-state index contributed by atoms with van der Waals surface area (Å²) >= 11 is 0. The fourth-order valence-corrected chi connectivity index (χ4v) is 3.67. The maximum absolute atomic E-state index is 13.1. The first-order valence-electron chi connectivity index (χ1n) is 9.39. The Morgan fingerprint density at radius 1 is 1.14 bits per heavy atom. The van der Waals surface area contributed by atoms with Gasteiger partial charge in [0.25, 0.3) is 0 Å². The molecule has 6 nitrogen and oxygen atoms in total. The van der Waals surface area contributed by atoms with Crippen molar-refractivity contribution in [3.63, 3.8) is 0 Å². The Bertz CT molecular complexity index is 705. The van der Waals surface area contributed by atoms with Gasteiger partial charge in [0.1, 0.15) is 0 Å². The molecule has 0 spiro atoms. The van der Waals surface area contributed by atoms with Gasteiger partial charge in [0.2, 0.25) is 11.8 Å². The Morgan fingerprint density at radius 2 is 1.86 bits per heavy atom. The van der Waals surface area contributed by atoms with E-state index in [1.165, 1.54) is 18.2 Å². The molecule has 1 aromatic rings. The van der Waals surface area contributed by atoms with Crippen molar-refractivity contribution in [2.45, 2.75) is 19.0 Å². The topological polar surface area (TPSA) is 61.9 Å². The van der Waals surface area contributed by atoms with Crippen LogP contribution in [0.2, 0.25) is 0 Å². The number of amides is 2. The molecular weight excluding hydrogens is 375 g/mol. The third-order valence-electron chi connectivity index (χ3n) is 5.05. The van der Waals surface area contributed by atoms with Gasteiger partial charge in [-0.1, -0.05) is 12.1 Å². The van der Waals surface area contributed by atoms with E-state index in [2.05, 4.69) is 5.32 Å². The Balaban J connectivity index is 1.56. The molecule has 154 valence electrons. The molecule has 0 aliphatic carbocycles. The predicted octanol–water partition coefficient (Wildman–Crippen LogP) is 2.21. The van der Waals surface area contributed by atoms with E-state index in [0.29, 0.717) is 39.4 Å². The van der Waals surface area contributed by atoms with E-state index in [1.54, 1.807) is 4.90 Å². The molecule has 0 bridgehead atoms. The van der Waals surface area contributed by atoms with Crippen LogP contribution >= 0.6 is 0 Å². The molecule has 3 rings (SSSR count). The summed E-state index contributed by atoms with van der Waals surface area (Å²) in [7, 11) is 0. The van der Waals surface area contributed by atoms with Gasteiger partial charge in [-0.3, -0.25) is 14.5 Å². The number of nitrogens with zero attached hydrogens (tertiary/aromatic N) is 2. The molecule has 1 atom stereocenters. The van der Waals surface area contributed by atoms with Crippen molar-refractivity contribution in [3.05, 3.63) is 29.8 Å². The summed E-state index contributed by atoms with van der Waals surface area (Å²) in [4.78, 5) is 28.6. The molecule has 0 saturated carbocycles. The molecule has 2 fully saturated rings. The zero-order valence-electron chi connectivity index (χ0n) is 15.5. The quantitative estimate of drug-likeness (QED) is 0.844. The zero-order chi connectivity index (χ0) is 20.1. The fourth-order valence-electron chi connectivity index (χ4n) is 3.67. The summed E-state index contributed by atoms with van der Waals surface area (Å²) in [5.41, 5.74) is -1.12. The van der Waals surface area contributed by atoms with E-state index in [9.17, 15) is 22.8 Å². The number of anilines is 1. The van der Waals surface area contributed by atoms with Crippen LogP contribution in [0, 0.1) is 5.92 Å². The lowest BCUT2D eigenvalue weighted by Gasteiger charge is -2.35. The van der Waals surface area contributed by atoms with Crippen molar-refractivity contribution in [3.8, 4) is 0 Å². The first kappa shape index (κ1) is 20.6. The van der Waals surface area contributed by atoms with Gasteiger partial charge in [0, 0.05) is 19.6 Å². The van der Waals surface area contributed by atoms with Gasteiger partial charge in [-0.15, -0.1) is 0 Å². The van der Waals surface area contributed by atoms with Gasteiger partial charge < -0.3 is 15.0 Å². The van der Waals surface area contributed by atoms with Crippen LogP contribution in [-0.2, 0) is 20.5 Å². The van der Waals surface area contributed by atoms with E-state index in [0.717, 1.165) is 18.9 Å². The number of morpholine rings is 1. The second-order valence-electron chi connectivity index (χ2n) is 7.10. The number of nitrogens with one attached hydrogen (secondary N) is 1. The molecular formula is C19H24F3N3O3. The Morgan fingerprint density at radius 3 is 2.57 bits per heavy atom. The number of halogens is 3. The van der Waals surface area contributed by atoms with Crippen LogP contribution in [0.3, 0.4) is 0 Å². The third-order valence-corrected chi connectivity index (χ3v) is 5.05. The second kappa shape index (κ2) is 8.91. The predicted molar refractivity (Wildman–Crippen MR) is 96.6 cm³/mol.